The molecule has 1 aromatic heterocycles. The molecule has 0 aliphatic rings. The van der Waals surface area contributed by atoms with E-state index in [0.717, 1.165) is 36.4 Å². The summed E-state index contributed by atoms with van der Waals surface area (Å²) in [7, 11) is 3.40. The highest BCUT2D eigenvalue weighted by molar-refractivity contribution is 5.97. The molecule has 2 aromatic rings. The van der Waals surface area contributed by atoms with Crippen LogP contribution in [0.3, 0.4) is 0 Å². The number of aromatic nitrogens is 2. The van der Waals surface area contributed by atoms with Gasteiger partial charge in [0, 0.05) is 13.1 Å². The summed E-state index contributed by atoms with van der Waals surface area (Å²) in [5.41, 5.74) is 5.61. The van der Waals surface area contributed by atoms with E-state index in [9.17, 15) is 0 Å². The van der Waals surface area contributed by atoms with Gasteiger partial charge in [-0.15, -0.1) is 5.10 Å². The molecule has 6 nitrogen and oxygen atoms in total. The first-order chi connectivity index (χ1) is 14.0. The zero-order valence-corrected chi connectivity index (χ0v) is 18.5. The van der Waals surface area contributed by atoms with Gasteiger partial charge < -0.3 is 14.3 Å². The van der Waals surface area contributed by atoms with E-state index in [-0.39, 0.29) is 0 Å². The van der Waals surface area contributed by atoms with E-state index in [2.05, 4.69) is 36.2 Å². The van der Waals surface area contributed by atoms with Crippen LogP contribution >= 0.6 is 0 Å². The predicted octanol–water partition coefficient (Wildman–Crippen LogP) is 4.76. The summed E-state index contributed by atoms with van der Waals surface area (Å²) < 4.78 is 13.3. The Morgan fingerprint density at radius 2 is 1.86 bits per heavy atom. The third kappa shape index (κ3) is 6.66. The molecular weight excluding hydrogens is 366 g/mol. The summed E-state index contributed by atoms with van der Waals surface area (Å²) in [6.45, 7) is 9.43. The number of benzene rings is 1. The van der Waals surface area contributed by atoms with Crippen LogP contribution in [0.4, 0.5) is 0 Å². The van der Waals surface area contributed by atoms with Crippen LogP contribution < -0.4 is 9.47 Å². The maximum absolute atomic E-state index is 5.81. The SMILES string of the molecule is C/C=C/COc1cc(C)c(CCCCOc2cc(C(C)=NOC)n(C)n2)c(C)c1. The fourth-order valence-corrected chi connectivity index (χ4v) is 3.29. The number of unbranched alkanes of at least 4 members (excludes halogenated alkanes) is 1. The molecule has 0 atom stereocenters. The summed E-state index contributed by atoms with van der Waals surface area (Å²) in [5.74, 6) is 1.55. The Morgan fingerprint density at radius 3 is 2.52 bits per heavy atom. The fraction of sp³-hybridized carbons (Fsp3) is 0.478. The molecule has 2 rings (SSSR count). The number of allylic oxidation sites excluding steroid dienone is 1. The third-order valence-electron chi connectivity index (χ3n) is 4.78. The van der Waals surface area contributed by atoms with Gasteiger partial charge in [0.15, 0.2) is 0 Å². The van der Waals surface area contributed by atoms with Crippen molar-refractivity contribution in [2.45, 2.75) is 47.0 Å². The van der Waals surface area contributed by atoms with E-state index >= 15 is 0 Å². The third-order valence-corrected chi connectivity index (χ3v) is 4.78. The molecule has 6 heteroatoms. The zero-order valence-electron chi connectivity index (χ0n) is 18.5. The molecule has 1 heterocycles. The van der Waals surface area contributed by atoms with Gasteiger partial charge in [-0.25, -0.2) is 0 Å². The minimum Gasteiger partial charge on any atom is -0.490 e. The van der Waals surface area contributed by atoms with Crippen LogP contribution in [0.1, 0.15) is 49.1 Å². The normalized spacial score (nSPS) is 11.9. The van der Waals surface area contributed by atoms with Gasteiger partial charge in [-0.2, -0.15) is 0 Å². The lowest BCUT2D eigenvalue weighted by atomic mass is 9.97. The maximum Gasteiger partial charge on any atom is 0.233 e. The molecule has 0 bridgehead atoms. The molecule has 1 aromatic carbocycles. The van der Waals surface area contributed by atoms with E-state index in [1.54, 1.807) is 4.68 Å². The fourth-order valence-electron chi connectivity index (χ4n) is 3.29. The van der Waals surface area contributed by atoms with Crippen molar-refractivity contribution in [1.29, 1.82) is 0 Å². The molecule has 0 spiro atoms. The van der Waals surface area contributed by atoms with E-state index < -0.39 is 0 Å². The molecule has 0 amide bonds. The van der Waals surface area contributed by atoms with Gasteiger partial charge >= 0.3 is 0 Å². The van der Waals surface area contributed by atoms with Gasteiger partial charge in [-0.3, -0.25) is 4.68 Å². The lowest BCUT2D eigenvalue weighted by molar-refractivity contribution is 0.213. The molecule has 0 unspecified atom stereocenters. The Hall–Kier alpha value is -2.76. The van der Waals surface area contributed by atoms with Crippen LogP contribution in [0.5, 0.6) is 11.6 Å². The molecule has 0 aliphatic carbocycles. The molecule has 29 heavy (non-hydrogen) atoms. The standard InChI is InChI=1S/C23H33N3O3/c1-7-8-12-28-20-14-17(2)21(18(3)15-20)11-9-10-13-29-23-16-22(26(5)24-23)19(4)25-27-6/h7-8,14-16H,9-13H2,1-6H3/b8-7+,25-19?. The van der Waals surface area contributed by atoms with Crippen molar-refractivity contribution in [3.63, 3.8) is 0 Å². The van der Waals surface area contributed by atoms with Gasteiger partial charge in [0.1, 0.15) is 25.2 Å². The number of rotatable bonds is 11. The second kappa shape index (κ2) is 11.3. The maximum atomic E-state index is 5.81. The van der Waals surface area contributed by atoms with Crippen molar-refractivity contribution in [2.24, 2.45) is 12.2 Å². The van der Waals surface area contributed by atoms with Gasteiger partial charge in [-0.05, 0) is 75.8 Å². The van der Waals surface area contributed by atoms with Crippen LogP contribution in [0.25, 0.3) is 0 Å². The van der Waals surface area contributed by atoms with E-state index in [1.165, 1.54) is 23.8 Å². The van der Waals surface area contributed by atoms with Crippen molar-refractivity contribution in [3.8, 4) is 11.6 Å². The first-order valence-corrected chi connectivity index (χ1v) is 10.0. The van der Waals surface area contributed by atoms with E-state index in [1.807, 2.05) is 39.1 Å². The lowest BCUT2D eigenvalue weighted by Crippen LogP contribution is -2.04. The number of aryl methyl sites for hydroxylation is 3. The number of hydrogen-bond acceptors (Lipinski definition) is 5. The first kappa shape index (κ1) is 22.5. The Morgan fingerprint density at radius 1 is 1.14 bits per heavy atom. The second-order valence-corrected chi connectivity index (χ2v) is 7.07. The largest absolute Gasteiger partial charge is 0.490 e. The number of oxime groups is 1. The van der Waals surface area contributed by atoms with Crippen molar-refractivity contribution in [3.05, 3.63) is 52.7 Å². The Bertz CT molecular complexity index is 830. The molecule has 0 radical (unpaired) electrons. The van der Waals surface area contributed by atoms with E-state index in [0.29, 0.717) is 19.1 Å². The molecule has 0 saturated heterocycles. The first-order valence-electron chi connectivity index (χ1n) is 10.0. The number of nitrogens with zero attached hydrogens (tertiary/aromatic N) is 3. The molecule has 158 valence electrons. The topological polar surface area (TPSA) is 57.9 Å². The Labute approximate surface area is 174 Å². The molecule has 0 fully saturated rings. The monoisotopic (exact) mass is 399 g/mol. The average molecular weight is 400 g/mol. The summed E-state index contributed by atoms with van der Waals surface area (Å²) in [6, 6.07) is 6.14. The van der Waals surface area contributed by atoms with Gasteiger partial charge in [0.2, 0.25) is 5.88 Å². The summed E-state index contributed by atoms with van der Waals surface area (Å²) in [6.07, 6.45) is 7.06. The minimum absolute atomic E-state index is 0.609. The summed E-state index contributed by atoms with van der Waals surface area (Å²) in [5, 5.41) is 8.32. The van der Waals surface area contributed by atoms with Gasteiger partial charge in [0.05, 0.1) is 12.3 Å². The smallest absolute Gasteiger partial charge is 0.233 e. The average Bonchev–Trinajstić information content (AvgIpc) is 3.04. The van der Waals surface area contributed by atoms with Crippen LogP contribution in [-0.2, 0) is 18.3 Å². The van der Waals surface area contributed by atoms with Crippen molar-refractivity contribution < 1.29 is 14.3 Å². The van der Waals surface area contributed by atoms with Crippen molar-refractivity contribution >= 4 is 5.71 Å². The quantitative estimate of drug-likeness (QED) is 0.236. The van der Waals surface area contributed by atoms with Gasteiger partial charge in [-0.1, -0.05) is 17.3 Å². The Kier molecular flexibility index (Phi) is 8.77. The van der Waals surface area contributed by atoms with E-state index in [4.69, 9.17) is 14.3 Å². The van der Waals surface area contributed by atoms with Crippen LogP contribution in [-0.4, -0.2) is 35.8 Å². The molecular formula is C23H33N3O3. The van der Waals surface area contributed by atoms with Crippen LogP contribution in [0.15, 0.2) is 35.5 Å². The second-order valence-electron chi connectivity index (χ2n) is 7.07. The lowest BCUT2D eigenvalue weighted by Gasteiger charge is -2.13. The molecule has 0 N–H and O–H groups in total. The van der Waals surface area contributed by atoms with Crippen molar-refractivity contribution in [2.75, 3.05) is 20.3 Å². The van der Waals surface area contributed by atoms with Crippen molar-refractivity contribution in [1.82, 2.24) is 9.78 Å². The zero-order chi connectivity index (χ0) is 21.2. The highest BCUT2D eigenvalue weighted by atomic mass is 16.6. The Balaban J connectivity index is 1.82. The highest BCUT2D eigenvalue weighted by Gasteiger charge is 2.10. The number of ether oxygens (including phenoxy) is 2. The van der Waals surface area contributed by atoms with Crippen LogP contribution in [0.2, 0.25) is 0 Å². The van der Waals surface area contributed by atoms with Crippen LogP contribution in [0, 0.1) is 13.8 Å². The molecule has 0 saturated carbocycles. The predicted molar refractivity (Wildman–Crippen MR) is 117 cm³/mol. The summed E-state index contributed by atoms with van der Waals surface area (Å²) >= 11 is 0. The minimum atomic E-state index is 0.609. The molecule has 0 aliphatic heterocycles. The number of hydrogen-bond donors (Lipinski definition) is 0. The van der Waals surface area contributed by atoms with Gasteiger partial charge in [0.25, 0.3) is 0 Å². The summed E-state index contributed by atoms with van der Waals surface area (Å²) in [4.78, 5) is 4.82. The highest BCUT2D eigenvalue weighted by Crippen LogP contribution is 2.23.